The van der Waals surface area contributed by atoms with Gasteiger partial charge in [0, 0.05) is 12.7 Å². The maximum Gasteiger partial charge on any atom is 0.329 e. The molecular weight excluding hydrogens is 308 g/mol. The molecule has 7 nitrogen and oxygen atoms in total. The zero-order chi connectivity index (χ0) is 17.4. The normalized spacial score (nSPS) is 16.1. The molecule has 0 saturated carbocycles. The fraction of sp³-hybridized carbons (Fsp3) is 0.235. The number of amides is 3. The van der Waals surface area contributed by atoms with E-state index in [1.165, 1.54) is 10.8 Å². The highest BCUT2D eigenvalue weighted by molar-refractivity contribution is 6.13. The smallest absolute Gasteiger partial charge is 0.303 e. The van der Waals surface area contributed by atoms with Crippen molar-refractivity contribution in [2.75, 3.05) is 0 Å². The number of aromatic nitrogens is 2. The molecule has 1 aromatic heterocycles. The molecule has 1 aromatic carbocycles. The van der Waals surface area contributed by atoms with Gasteiger partial charge in [0.2, 0.25) is 0 Å². The lowest BCUT2D eigenvalue weighted by molar-refractivity contribution is -0.123. The second-order valence-electron chi connectivity index (χ2n) is 5.88. The fourth-order valence-electron chi connectivity index (χ4n) is 2.73. The number of aromatic amines is 1. The largest absolute Gasteiger partial charge is 0.329 e. The summed E-state index contributed by atoms with van der Waals surface area (Å²) in [4.78, 5) is 37.8. The van der Waals surface area contributed by atoms with Crippen molar-refractivity contribution in [2.24, 2.45) is 7.05 Å². The highest BCUT2D eigenvalue weighted by Crippen LogP contribution is 2.17. The average Bonchev–Trinajstić information content (AvgIpc) is 2.92. The Morgan fingerprint density at radius 1 is 1.17 bits per heavy atom. The van der Waals surface area contributed by atoms with Gasteiger partial charge >= 0.3 is 6.03 Å². The summed E-state index contributed by atoms with van der Waals surface area (Å²) in [5.41, 5.74) is 2.77. The van der Waals surface area contributed by atoms with Gasteiger partial charge in [0.1, 0.15) is 5.70 Å². The second-order valence-corrected chi connectivity index (χ2v) is 5.88. The summed E-state index contributed by atoms with van der Waals surface area (Å²) in [7, 11) is 1.59. The van der Waals surface area contributed by atoms with Crippen molar-refractivity contribution in [3.8, 4) is 0 Å². The molecule has 0 aliphatic carbocycles. The van der Waals surface area contributed by atoms with E-state index in [1.54, 1.807) is 14.0 Å². The number of rotatable bonds is 3. The quantitative estimate of drug-likeness (QED) is 0.660. The van der Waals surface area contributed by atoms with Crippen molar-refractivity contribution < 1.29 is 9.59 Å². The van der Waals surface area contributed by atoms with Crippen LogP contribution in [0.15, 0.2) is 34.8 Å². The predicted octanol–water partition coefficient (Wildman–Crippen LogP) is 1.42. The van der Waals surface area contributed by atoms with Gasteiger partial charge in [-0.3, -0.25) is 24.3 Å². The fourth-order valence-corrected chi connectivity index (χ4v) is 2.73. The molecule has 1 aliphatic heterocycles. The van der Waals surface area contributed by atoms with Gasteiger partial charge in [0.25, 0.3) is 11.5 Å². The Morgan fingerprint density at radius 2 is 1.92 bits per heavy atom. The molecule has 1 saturated heterocycles. The molecule has 24 heavy (non-hydrogen) atoms. The number of aryl methyl sites for hydroxylation is 3. The van der Waals surface area contributed by atoms with Crippen LogP contribution >= 0.6 is 0 Å². The van der Waals surface area contributed by atoms with Crippen LogP contribution in [0.2, 0.25) is 0 Å². The topological polar surface area (TPSA) is 87.2 Å². The molecule has 2 heterocycles. The standard InChI is InChI=1S/C17H18N4O3/c1-10-5-4-6-12(7-10)9-21-16(23)14(18-17(21)24)8-13-11(2)19-20(3)15(13)22/h4-8,19H,9H2,1-3H3,(H,18,24)/b14-8-. The minimum atomic E-state index is -0.488. The molecule has 2 aromatic rings. The highest BCUT2D eigenvalue weighted by Gasteiger charge is 2.33. The van der Waals surface area contributed by atoms with Crippen LogP contribution in [0.1, 0.15) is 22.4 Å². The van der Waals surface area contributed by atoms with E-state index < -0.39 is 11.9 Å². The number of nitrogens with zero attached hydrogens (tertiary/aromatic N) is 2. The molecular formula is C17H18N4O3. The van der Waals surface area contributed by atoms with E-state index in [2.05, 4.69) is 10.4 Å². The van der Waals surface area contributed by atoms with Crippen LogP contribution in [0.3, 0.4) is 0 Å². The van der Waals surface area contributed by atoms with Crippen LogP contribution in [0, 0.1) is 13.8 Å². The Hall–Kier alpha value is -3.09. The maximum absolute atomic E-state index is 12.5. The van der Waals surface area contributed by atoms with Gasteiger partial charge in [-0.1, -0.05) is 29.8 Å². The third kappa shape index (κ3) is 2.76. The monoisotopic (exact) mass is 326 g/mol. The Labute approximate surface area is 138 Å². The molecule has 3 rings (SSSR count). The minimum Gasteiger partial charge on any atom is -0.303 e. The molecule has 1 fully saturated rings. The van der Waals surface area contributed by atoms with Crippen LogP contribution in [0.5, 0.6) is 0 Å². The van der Waals surface area contributed by atoms with Crippen molar-refractivity contribution in [1.29, 1.82) is 0 Å². The molecule has 0 spiro atoms. The maximum atomic E-state index is 12.5. The second kappa shape index (κ2) is 5.84. The SMILES string of the molecule is Cc1cccc(CN2C(=O)N/C(=C\c3c(C)[nH]n(C)c3=O)C2=O)c1. The van der Waals surface area contributed by atoms with E-state index >= 15 is 0 Å². The third-order valence-electron chi connectivity index (χ3n) is 3.95. The molecule has 1 aliphatic rings. The van der Waals surface area contributed by atoms with E-state index in [-0.39, 0.29) is 17.8 Å². The first-order valence-electron chi connectivity index (χ1n) is 7.52. The number of carbonyl (C=O) groups excluding carboxylic acids is 2. The van der Waals surface area contributed by atoms with E-state index in [9.17, 15) is 14.4 Å². The number of imide groups is 1. The van der Waals surface area contributed by atoms with Gasteiger partial charge in [-0.2, -0.15) is 0 Å². The number of benzene rings is 1. The summed E-state index contributed by atoms with van der Waals surface area (Å²) in [6.45, 7) is 3.87. The molecule has 7 heteroatoms. The zero-order valence-corrected chi connectivity index (χ0v) is 13.7. The van der Waals surface area contributed by atoms with Crippen LogP contribution in [0.4, 0.5) is 4.79 Å². The molecule has 0 bridgehead atoms. The summed E-state index contributed by atoms with van der Waals surface area (Å²) in [5, 5.41) is 5.39. The van der Waals surface area contributed by atoms with Crippen LogP contribution < -0.4 is 10.9 Å². The first-order chi connectivity index (χ1) is 11.4. The lowest BCUT2D eigenvalue weighted by atomic mass is 10.1. The summed E-state index contributed by atoms with van der Waals surface area (Å²) in [5.74, 6) is -0.441. The summed E-state index contributed by atoms with van der Waals surface area (Å²) < 4.78 is 1.33. The molecule has 0 radical (unpaired) electrons. The molecule has 2 N–H and O–H groups in total. The van der Waals surface area contributed by atoms with Crippen LogP contribution in [-0.2, 0) is 18.4 Å². The van der Waals surface area contributed by atoms with Gasteiger partial charge in [-0.05, 0) is 25.5 Å². The van der Waals surface area contributed by atoms with E-state index in [4.69, 9.17) is 0 Å². The van der Waals surface area contributed by atoms with E-state index in [1.807, 2.05) is 31.2 Å². The van der Waals surface area contributed by atoms with Gasteiger partial charge in [0.05, 0.1) is 12.1 Å². The summed E-state index contributed by atoms with van der Waals surface area (Å²) >= 11 is 0. The molecule has 0 unspecified atom stereocenters. The predicted molar refractivity (Wildman–Crippen MR) is 89.0 cm³/mol. The lowest BCUT2D eigenvalue weighted by Gasteiger charge is -2.12. The van der Waals surface area contributed by atoms with Gasteiger partial charge in [-0.15, -0.1) is 0 Å². The minimum absolute atomic E-state index is 0.104. The van der Waals surface area contributed by atoms with E-state index in [0.29, 0.717) is 11.3 Å². The van der Waals surface area contributed by atoms with Crippen LogP contribution in [0.25, 0.3) is 6.08 Å². The summed E-state index contributed by atoms with van der Waals surface area (Å²) in [6.07, 6.45) is 1.42. The lowest BCUT2D eigenvalue weighted by Crippen LogP contribution is -2.30. The van der Waals surface area contributed by atoms with Crippen molar-refractivity contribution in [1.82, 2.24) is 20.0 Å². The molecule has 3 amide bonds. The van der Waals surface area contributed by atoms with Crippen molar-refractivity contribution in [3.05, 3.63) is 62.7 Å². The van der Waals surface area contributed by atoms with E-state index in [0.717, 1.165) is 16.0 Å². The van der Waals surface area contributed by atoms with Crippen molar-refractivity contribution in [2.45, 2.75) is 20.4 Å². The van der Waals surface area contributed by atoms with Gasteiger partial charge < -0.3 is 5.32 Å². The Morgan fingerprint density at radius 3 is 2.54 bits per heavy atom. The zero-order valence-electron chi connectivity index (χ0n) is 13.7. The molecule has 124 valence electrons. The first-order valence-corrected chi connectivity index (χ1v) is 7.52. The summed E-state index contributed by atoms with van der Waals surface area (Å²) in [6, 6.07) is 7.13. The van der Waals surface area contributed by atoms with Gasteiger partial charge in [0.15, 0.2) is 0 Å². The number of hydrogen-bond acceptors (Lipinski definition) is 3. The first kappa shape index (κ1) is 15.8. The Kier molecular flexibility index (Phi) is 3.84. The number of H-pyrrole nitrogens is 1. The Bertz CT molecular complexity index is 920. The number of hydrogen-bond donors (Lipinski definition) is 2. The molecule has 0 atom stereocenters. The number of urea groups is 1. The Balaban J connectivity index is 1.89. The average molecular weight is 326 g/mol. The van der Waals surface area contributed by atoms with Gasteiger partial charge in [-0.25, -0.2) is 4.79 Å². The number of nitrogens with one attached hydrogen (secondary N) is 2. The van der Waals surface area contributed by atoms with Crippen molar-refractivity contribution >= 4 is 18.0 Å². The van der Waals surface area contributed by atoms with Crippen LogP contribution in [-0.4, -0.2) is 26.6 Å². The van der Waals surface area contributed by atoms with Crippen molar-refractivity contribution in [3.63, 3.8) is 0 Å². The highest BCUT2D eigenvalue weighted by atomic mass is 16.2. The number of carbonyl (C=O) groups is 2. The third-order valence-corrected chi connectivity index (χ3v) is 3.95.